The Labute approximate surface area is 87.8 Å². The van der Waals surface area contributed by atoms with Gasteiger partial charge >= 0.3 is 19.8 Å². The van der Waals surface area contributed by atoms with Crippen molar-refractivity contribution in [1.29, 1.82) is 0 Å². The number of aliphatic hydroxyl groups excluding tert-OH is 1. The van der Waals surface area contributed by atoms with Crippen molar-refractivity contribution >= 4 is 17.3 Å². The first-order valence-corrected chi connectivity index (χ1v) is 5.03. The van der Waals surface area contributed by atoms with Gasteiger partial charge in [-0.2, -0.15) is 0 Å². The molecule has 0 saturated heterocycles. The van der Waals surface area contributed by atoms with Gasteiger partial charge in [-0.05, 0) is 18.6 Å². The first-order valence-electron chi connectivity index (χ1n) is 4.14. The van der Waals surface area contributed by atoms with E-state index >= 15 is 0 Å². The van der Waals surface area contributed by atoms with Gasteiger partial charge in [0, 0.05) is 6.42 Å². The summed E-state index contributed by atoms with van der Waals surface area (Å²) in [6, 6.07) is 0. The van der Waals surface area contributed by atoms with Gasteiger partial charge in [0.1, 0.15) is 0 Å². The zero-order valence-electron chi connectivity index (χ0n) is 7.38. The molecule has 73 valence electrons. The van der Waals surface area contributed by atoms with Crippen LogP contribution in [0.5, 0.6) is 0 Å². The third-order valence-electron chi connectivity index (χ3n) is 1.49. The molecule has 0 aliphatic heterocycles. The van der Waals surface area contributed by atoms with E-state index in [1.807, 2.05) is 0 Å². The molecule has 0 fully saturated rings. The molecule has 2 nitrogen and oxygen atoms in total. The second kappa shape index (κ2) is 13.8. The summed E-state index contributed by atoms with van der Waals surface area (Å²) in [6.07, 6.45) is 6.81. The molecular formula is C8H16MnO2S. The first-order chi connectivity index (χ1) is 5.77. The quantitative estimate of drug-likeness (QED) is 0.433. The van der Waals surface area contributed by atoms with Gasteiger partial charge < -0.3 is 5.11 Å². The average Bonchev–Trinajstić information content (AvgIpc) is 2.07. The second-order valence-electron chi connectivity index (χ2n) is 2.56. The number of hydrogen-bond donors (Lipinski definition) is 1. The Hall–Kier alpha value is 0.209. The topological polar surface area (TPSA) is 37.3 Å². The van der Waals surface area contributed by atoms with E-state index in [9.17, 15) is 0 Å². The van der Waals surface area contributed by atoms with Crippen LogP contribution in [0.1, 0.15) is 45.4 Å². The number of thiocarbonyl (C=S) groups is 1. The third-order valence-corrected chi connectivity index (χ3v) is 1.70. The monoisotopic (exact) mass is 231 g/mol. The molecule has 0 radical (unpaired) electrons. The van der Waals surface area contributed by atoms with Crippen molar-refractivity contribution in [1.82, 2.24) is 0 Å². The molecule has 0 saturated carbocycles. The minimum absolute atomic E-state index is 0.163. The molecule has 0 rings (SSSR count). The molecule has 1 N–H and O–H groups in total. The van der Waals surface area contributed by atoms with E-state index in [2.05, 4.69) is 19.1 Å². The van der Waals surface area contributed by atoms with Crippen LogP contribution in [0.15, 0.2) is 0 Å². The van der Waals surface area contributed by atoms with E-state index in [0.29, 0.717) is 6.42 Å². The maximum absolute atomic E-state index is 8.64. The molecule has 0 aromatic carbocycles. The number of rotatable bonds is 6. The van der Waals surface area contributed by atoms with Crippen LogP contribution in [0.2, 0.25) is 0 Å². The summed E-state index contributed by atoms with van der Waals surface area (Å²) in [4.78, 5) is 0. The van der Waals surface area contributed by atoms with Crippen LogP contribution in [0.3, 0.4) is 0 Å². The van der Waals surface area contributed by atoms with E-state index in [4.69, 9.17) is 8.94 Å². The predicted molar refractivity (Wildman–Crippen MR) is 49.3 cm³/mol. The first kappa shape index (κ1) is 14.7. The van der Waals surface area contributed by atoms with Crippen LogP contribution in [-0.2, 0) is 19.8 Å². The van der Waals surface area contributed by atoms with Gasteiger partial charge in [-0.1, -0.05) is 32.6 Å². The van der Waals surface area contributed by atoms with E-state index in [1.54, 1.807) is 15.9 Å². The molecule has 0 atom stereocenters. The molecule has 0 aliphatic carbocycles. The molecule has 0 aliphatic rings. The molecule has 0 spiro atoms. The van der Waals surface area contributed by atoms with Crippen molar-refractivity contribution in [3.63, 3.8) is 0 Å². The molecule has 0 aromatic heterocycles. The van der Waals surface area contributed by atoms with Crippen molar-refractivity contribution < 1.29 is 24.9 Å². The third kappa shape index (κ3) is 16.7. The summed E-state index contributed by atoms with van der Waals surface area (Å²) in [5.41, 5.74) is 0. The summed E-state index contributed by atoms with van der Waals surface area (Å²) in [5, 5.41) is 8.80. The zero-order valence-corrected chi connectivity index (χ0v) is 9.38. The Morgan fingerprint density at radius 2 is 1.75 bits per heavy atom. The Balaban J connectivity index is 0. The van der Waals surface area contributed by atoms with Gasteiger partial charge in [-0.25, -0.2) is 0 Å². The Morgan fingerprint density at radius 1 is 1.25 bits per heavy atom. The summed E-state index contributed by atoms with van der Waals surface area (Å²) >= 11 is 6.22. The molecule has 0 heterocycles. The molecule has 0 aromatic rings. The van der Waals surface area contributed by atoms with Gasteiger partial charge in [-0.15, -0.1) is 0 Å². The van der Waals surface area contributed by atoms with E-state index in [0.717, 1.165) is 6.42 Å². The van der Waals surface area contributed by atoms with Gasteiger partial charge in [-0.3, -0.25) is 0 Å². The molecule has 0 unspecified atom stereocenters. The standard InChI is InChI=1S/C8H16OS.Mn.O/c1-2-3-4-5-6-7-8(9)10;;/h2-7H2,1H3,(H,9,10);;. The number of hydrogen-bond acceptors (Lipinski definition) is 2. The van der Waals surface area contributed by atoms with Crippen LogP contribution >= 0.6 is 12.2 Å². The summed E-state index contributed by atoms with van der Waals surface area (Å²) in [7, 11) is 0. The van der Waals surface area contributed by atoms with E-state index in [-0.39, 0.29) is 5.05 Å². The Bertz CT molecular complexity index is 109. The van der Waals surface area contributed by atoms with Crippen molar-refractivity contribution in [2.24, 2.45) is 0 Å². The number of aliphatic hydroxyl groups is 1. The van der Waals surface area contributed by atoms with Crippen molar-refractivity contribution in [3.8, 4) is 0 Å². The van der Waals surface area contributed by atoms with Crippen LogP contribution in [-0.4, -0.2) is 10.2 Å². The number of unbranched alkanes of at least 4 members (excludes halogenated alkanes) is 4. The van der Waals surface area contributed by atoms with Crippen molar-refractivity contribution in [2.75, 3.05) is 0 Å². The maximum atomic E-state index is 8.64. The van der Waals surface area contributed by atoms with E-state index < -0.39 is 0 Å². The SMILES string of the molecule is CCCCCCCC(O)=S.[O]=[Mn]. The Kier molecular flexibility index (Phi) is 16.9. The fourth-order valence-corrected chi connectivity index (χ4v) is 1.02. The van der Waals surface area contributed by atoms with Crippen LogP contribution in [0.25, 0.3) is 0 Å². The van der Waals surface area contributed by atoms with Crippen molar-refractivity contribution in [3.05, 3.63) is 0 Å². The predicted octanol–water partition coefficient (Wildman–Crippen LogP) is 3.11. The Morgan fingerprint density at radius 3 is 2.17 bits per heavy atom. The second-order valence-corrected chi connectivity index (χ2v) is 3.03. The molecular weight excluding hydrogens is 215 g/mol. The summed E-state index contributed by atoms with van der Waals surface area (Å²) < 4.78 is 8.06. The van der Waals surface area contributed by atoms with Gasteiger partial charge in [0.25, 0.3) is 0 Å². The van der Waals surface area contributed by atoms with Crippen LogP contribution in [0.4, 0.5) is 0 Å². The van der Waals surface area contributed by atoms with Crippen LogP contribution in [0, 0.1) is 0 Å². The minimum atomic E-state index is 0.163. The zero-order chi connectivity index (χ0) is 9.82. The van der Waals surface area contributed by atoms with Gasteiger partial charge in [0.05, 0.1) is 0 Å². The van der Waals surface area contributed by atoms with E-state index in [1.165, 1.54) is 25.7 Å². The summed E-state index contributed by atoms with van der Waals surface area (Å²) in [6.45, 7) is 2.19. The van der Waals surface area contributed by atoms with Gasteiger partial charge in [0.2, 0.25) is 0 Å². The fourth-order valence-electron chi connectivity index (χ4n) is 0.880. The normalized spacial score (nSPS) is 8.42. The van der Waals surface area contributed by atoms with Crippen LogP contribution < -0.4 is 0 Å². The molecule has 0 amide bonds. The van der Waals surface area contributed by atoms with Crippen molar-refractivity contribution in [2.45, 2.75) is 45.4 Å². The molecule has 12 heavy (non-hydrogen) atoms. The molecule has 4 heteroatoms. The fraction of sp³-hybridized carbons (Fsp3) is 0.875. The average molecular weight is 231 g/mol. The molecule has 0 bridgehead atoms. The van der Waals surface area contributed by atoms with Gasteiger partial charge in [0.15, 0.2) is 5.05 Å². The summed E-state index contributed by atoms with van der Waals surface area (Å²) in [5.74, 6) is 0.